The van der Waals surface area contributed by atoms with Crippen LogP contribution in [0.4, 0.5) is 18.0 Å². The van der Waals surface area contributed by atoms with E-state index >= 15 is 0 Å². The smallest absolute Gasteiger partial charge is 0.387 e. The molecule has 1 saturated heterocycles. The molecule has 0 spiro atoms. The molecule has 2 aromatic carbocycles. The largest absolute Gasteiger partial charge is 0.435 e. The minimum Gasteiger partial charge on any atom is -0.435 e. The minimum atomic E-state index is -2.96. The highest BCUT2D eigenvalue weighted by atomic mass is 19.3. The van der Waals surface area contributed by atoms with Crippen LogP contribution in [-0.4, -0.2) is 43.7 Å². The molecule has 0 bridgehead atoms. The summed E-state index contributed by atoms with van der Waals surface area (Å²) in [5, 5.41) is 13.7. The Morgan fingerprint density at radius 1 is 1.13 bits per heavy atom. The van der Waals surface area contributed by atoms with Gasteiger partial charge in [-0.05, 0) is 47.7 Å². The van der Waals surface area contributed by atoms with E-state index in [1.165, 1.54) is 54.1 Å². The SMILES string of the molecule is CC1(c2ccccc2F)NC(=O)N(Cc2nnnn2-c2ccc(OC(F)F)cc2)C1=O. The van der Waals surface area contributed by atoms with Gasteiger partial charge in [0.05, 0.1) is 12.2 Å². The van der Waals surface area contributed by atoms with Crippen LogP contribution in [0, 0.1) is 5.82 Å². The number of hydrogen-bond acceptors (Lipinski definition) is 6. The third-order valence-electron chi connectivity index (χ3n) is 4.83. The lowest BCUT2D eigenvalue weighted by Gasteiger charge is -2.22. The lowest BCUT2D eigenvalue weighted by atomic mass is 9.91. The standard InChI is InChI=1S/C19H15F3N6O3/c1-19(13-4-2-3-5-14(13)20)16(29)27(18(30)23-19)10-15-24-25-26-28(15)11-6-8-12(9-7-11)31-17(21)22/h2-9,17H,10H2,1H3,(H,23,30). The van der Waals surface area contributed by atoms with Crippen molar-refractivity contribution in [3.63, 3.8) is 0 Å². The van der Waals surface area contributed by atoms with Gasteiger partial charge in [-0.15, -0.1) is 5.10 Å². The predicted octanol–water partition coefficient (Wildman–Crippen LogP) is 2.37. The van der Waals surface area contributed by atoms with Gasteiger partial charge in [-0.3, -0.25) is 9.69 Å². The van der Waals surface area contributed by atoms with E-state index in [4.69, 9.17) is 0 Å². The molecule has 4 rings (SSSR count). The molecule has 1 aliphatic heterocycles. The highest BCUT2D eigenvalue weighted by molar-refractivity contribution is 6.07. The van der Waals surface area contributed by atoms with Gasteiger partial charge in [-0.2, -0.15) is 13.5 Å². The van der Waals surface area contributed by atoms with Crippen LogP contribution in [0.1, 0.15) is 18.3 Å². The molecule has 1 N–H and O–H groups in total. The first-order chi connectivity index (χ1) is 14.8. The molecule has 0 radical (unpaired) electrons. The summed E-state index contributed by atoms with van der Waals surface area (Å²) in [5.74, 6) is -1.22. The van der Waals surface area contributed by atoms with E-state index in [2.05, 4.69) is 25.6 Å². The Bertz CT molecular complexity index is 1140. The molecule has 1 aliphatic rings. The topological polar surface area (TPSA) is 102 Å². The number of aromatic nitrogens is 4. The van der Waals surface area contributed by atoms with Crippen molar-refractivity contribution in [2.24, 2.45) is 0 Å². The number of imide groups is 1. The Balaban J connectivity index is 1.58. The Morgan fingerprint density at radius 2 is 1.84 bits per heavy atom. The molecule has 1 aromatic heterocycles. The highest BCUT2D eigenvalue weighted by Crippen LogP contribution is 2.31. The quantitative estimate of drug-likeness (QED) is 0.600. The number of alkyl halides is 2. The Labute approximate surface area is 173 Å². The van der Waals surface area contributed by atoms with Gasteiger partial charge in [0.2, 0.25) is 0 Å². The van der Waals surface area contributed by atoms with E-state index in [9.17, 15) is 22.8 Å². The fourth-order valence-corrected chi connectivity index (χ4v) is 3.30. The maximum atomic E-state index is 14.3. The monoisotopic (exact) mass is 432 g/mol. The molecule has 9 nitrogen and oxygen atoms in total. The molecule has 12 heteroatoms. The molecule has 0 aliphatic carbocycles. The van der Waals surface area contributed by atoms with Crippen LogP contribution in [-0.2, 0) is 16.9 Å². The van der Waals surface area contributed by atoms with E-state index in [-0.39, 0.29) is 23.7 Å². The first-order valence-electron chi connectivity index (χ1n) is 9.01. The zero-order valence-corrected chi connectivity index (χ0v) is 16.0. The van der Waals surface area contributed by atoms with E-state index < -0.39 is 29.9 Å². The van der Waals surface area contributed by atoms with Crippen LogP contribution in [0.5, 0.6) is 5.75 Å². The Hall–Kier alpha value is -3.96. The normalized spacial score (nSPS) is 18.5. The van der Waals surface area contributed by atoms with E-state index in [1.54, 1.807) is 6.07 Å². The highest BCUT2D eigenvalue weighted by Gasteiger charge is 2.50. The molecule has 0 saturated carbocycles. The van der Waals surface area contributed by atoms with Gasteiger partial charge in [0, 0.05) is 5.56 Å². The number of urea groups is 1. The third kappa shape index (κ3) is 3.67. The number of rotatable bonds is 6. The number of hydrogen-bond donors (Lipinski definition) is 1. The molecule has 2 heterocycles. The van der Waals surface area contributed by atoms with E-state index in [0.717, 1.165) is 4.90 Å². The fourth-order valence-electron chi connectivity index (χ4n) is 3.30. The van der Waals surface area contributed by atoms with Crippen molar-refractivity contribution in [2.75, 3.05) is 0 Å². The molecular weight excluding hydrogens is 417 g/mol. The average molecular weight is 432 g/mol. The molecular formula is C19H15F3N6O3. The van der Waals surface area contributed by atoms with Crippen molar-refractivity contribution in [3.05, 3.63) is 65.7 Å². The fraction of sp³-hybridized carbons (Fsp3) is 0.211. The summed E-state index contributed by atoms with van der Waals surface area (Å²) >= 11 is 0. The molecule has 1 atom stereocenters. The second kappa shape index (κ2) is 7.70. The number of carbonyl (C=O) groups excluding carboxylic acids is 2. The number of nitrogens with zero attached hydrogens (tertiary/aromatic N) is 5. The second-order valence-corrected chi connectivity index (χ2v) is 6.81. The molecule has 3 amide bonds. The summed E-state index contributed by atoms with van der Waals surface area (Å²) in [6, 6.07) is 10.4. The summed E-state index contributed by atoms with van der Waals surface area (Å²) in [5.41, 5.74) is -1.16. The van der Waals surface area contributed by atoms with Crippen LogP contribution < -0.4 is 10.1 Å². The Morgan fingerprint density at radius 3 is 2.52 bits per heavy atom. The number of tetrazole rings is 1. The van der Waals surface area contributed by atoms with Crippen LogP contribution in [0.15, 0.2) is 48.5 Å². The summed E-state index contributed by atoms with van der Waals surface area (Å²) in [4.78, 5) is 26.4. The van der Waals surface area contributed by atoms with Crippen molar-refractivity contribution < 1.29 is 27.5 Å². The third-order valence-corrected chi connectivity index (χ3v) is 4.83. The van der Waals surface area contributed by atoms with E-state index in [1.807, 2.05) is 0 Å². The average Bonchev–Trinajstić information content (AvgIpc) is 3.27. The van der Waals surface area contributed by atoms with Gasteiger partial charge >= 0.3 is 12.6 Å². The van der Waals surface area contributed by atoms with Crippen LogP contribution in [0.25, 0.3) is 5.69 Å². The minimum absolute atomic E-state index is 0.0325. The molecule has 3 aromatic rings. The van der Waals surface area contributed by atoms with Gasteiger partial charge < -0.3 is 10.1 Å². The zero-order chi connectivity index (χ0) is 22.2. The maximum absolute atomic E-state index is 14.3. The van der Waals surface area contributed by atoms with Crippen molar-refractivity contribution in [1.29, 1.82) is 0 Å². The van der Waals surface area contributed by atoms with Gasteiger partial charge in [0.1, 0.15) is 17.1 Å². The van der Waals surface area contributed by atoms with E-state index in [0.29, 0.717) is 5.69 Å². The molecule has 31 heavy (non-hydrogen) atoms. The lowest BCUT2D eigenvalue weighted by Crippen LogP contribution is -2.41. The van der Waals surface area contributed by atoms with Crippen molar-refractivity contribution in [1.82, 2.24) is 30.4 Å². The molecule has 1 unspecified atom stereocenters. The first kappa shape index (κ1) is 20.3. The van der Waals surface area contributed by atoms with Crippen molar-refractivity contribution in [2.45, 2.75) is 25.6 Å². The lowest BCUT2D eigenvalue weighted by molar-refractivity contribution is -0.131. The number of ether oxygens (including phenoxy) is 1. The van der Waals surface area contributed by atoms with Crippen molar-refractivity contribution >= 4 is 11.9 Å². The second-order valence-electron chi connectivity index (χ2n) is 6.81. The van der Waals surface area contributed by atoms with Crippen LogP contribution in [0.2, 0.25) is 0 Å². The summed E-state index contributed by atoms with van der Waals surface area (Å²) in [6.07, 6.45) is 0. The molecule has 1 fully saturated rings. The summed E-state index contributed by atoms with van der Waals surface area (Å²) < 4.78 is 44.4. The number of benzene rings is 2. The zero-order valence-electron chi connectivity index (χ0n) is 16.0. The first-order valence-corrected chi connectivity index (χ1v) is 9.01. The maximum Gasteiger partial charge on any atom is 0.387 e. The van der Waals surface area contributed by atoms with Gasteiger partial charge in [-0.1, -0.05) is 18.2 Å². The van der Waals surface area contributed by atoms with Gasteiger partial charge in [-0.25, -0.2) is 9.18 Å². The van der Waals surface area contributed by atoms with Gasteiger partial charge in [0.15, 0.2) is 5.82 Å². The predicted molar refractivity (Wildman–Crippen MR) is 98.6 cm³/mol. The summed E-state index contributed by atoms with van der Waals surface area (Å²) in [6.45, 7) is -1.84. The number of nitrogens with one attached hydrogen (secondary N) is 1. The number of carbonyl (C=O) groups is 2. The summed E-state index contributed by atoms with van der Waals surface area (Å²) in [7, 11) is 0. The van der Waals surface area contributed by atoms with Crippen LogP contribution >= 0.6 is 0 Å². The Kier molecular flexibility index (Phi) is 5.05. The molecule has 160 valence electrons. The van der Waals surface area contributed by atoms with Crippen LogP contribution in [0.3, 0.4) is 0 Å². The number of amides is 3. The van der Waals surface area contributed by atoms with Crippen molar-refractivity contribution in [3.8, 4) is 11.4 Å². The number of halogens is 3. The van der Waals surface area contributed by atoms with Gasteiger partial charge in [0.25, 0.3) is 5.91 Å².